The number of amides is 1. The highest BCUT2D eigenvalue weighted by molar-refractivity contribution is 6.32. The van der Waals surface area contributed by atoms with E-state index in [0.717, 1.165) is 12.1 Å². The predicted molar refractivity (Wildman–Crippen MR) is 79.2 cm³/mol. The van der Waals surface area contributed by atoms with E-state index in [-0.39, 0.29) is 12.5 Å². The van der Waals surface area contributed by atoms with E-state index in [1.165, 1.54) is 0 Å². The lowest BCUT2D eigenvalue weighted by atomic mass is 10.2. The Hall–Kier alpha value is -1.30. The van der Waals surface area contributed by atoms with Gasteiger partial charge in [0.25, 0.3) is 5.91 Å². The standard InChI is InChI=1S/C14H21ClN2O3/c1-3-17-13(18)10-20-14-11(5-4-6-12(14)15)9-16-7-8-19-2/h4-6,16H,3,7-10H2,1-2H3,(H,17,18). The van der Waals surface area contributed by atoms with Crippen LogP contribution in [-0.2, 0) is 16.1 Å². The summed E-state index contributed by atoms with van der Waals surface area (Å²) in [6.07, 6.45) is 0. The minimum Gasteiger partial charge on any atom is -0.482 e. The van der Waals surface area contributed by atoms with Gasteiger partial charge in [-0.1, -0.05) is 23.7 Å². The Bertz CT molecular complexity index is 427. The van der Waals surface area contributed by atoms with Gasteiger partial charge in [0.15, 0.2) is 6.61 Å². The average molecular weight is 301 g/mol. The molecule has 0 bridgehead atoms. The molecule has 0 heterocycles. The summed E-state index contributed by atoms with van der Waals surface area (Å²) in [6, 6.07) is 5.51. The molecular formula is C14H21ClN2O3. The van der Waals surface area contributed by atoms with E-state index >= 15 is 0 Å². The first-order chi connectivity index (χ1) is 9.69. The summed E-state index contributed by atoms with van der Waals surface area (Å²) in [5.74, 6) is 0.385. The highest BCUT2D eigenvalue weighted by Crippen LogP contribution is 2.28. The number of ether oxygens (including phenoxy) is 2. The molecule has 0 radical (unpaired) electrons. The molecule has 0 spiro atoms. The summed E-state index contributed by atoms with van der Waals surface area (Å²) < 4.78 is 10.5. The normalized spacial score (nSPS) is 10.3. The van der Waals surface area contributed by atoms with Crippen LogP contribution in [0.25, 0.3) is 0 Å². The molecule has 0 saturated carbocycles. The Labute approximate surface area is 124 Å². The quantitative estimate of drug-likeness (QED) is 0.680. The zero-order valence-electron chi connectivity index (χ0n) is 11.9. The molecule has 0 atom stereocenters. The molecule has 0 aliphatic carbocycles. The van der Waals surface area contributed by atoms with Crippen LogP contribution >= 0.6 is 11.6 Å². The van der Waals surface area contributed by atoms with Crippen LogP contribution in [0.1, 0.15) is 12.5 Å². The lowest BCUT2D eigenvalue weighted by Crippen LogP contribution is -2.28. The molecule has 1 aromatic carbocycles. The van der Waals surface area contributed by atoms with Gasteiger partial charge in [-0.3, -0.25) is 4.79 Å². The van der Waals surface area contributed by atoms with Crippen LogP contribution in [0.2, 0.25) is 5.02 Å². The van der Waals surface area contributed by atoms with E-state index < -0.39 is 0 Å². The molecule has 1 rings (SSSR count). The summed E-state index contributed by atoms with van der Waals surface area (Å²) >= 11 is 6.12. The Kier molecular flexibility index (Phi) is 8.02. The van der Waals surface area contributed by atoms with Gasteiger partial charge >= 0.3 is 0 Å². The zero-order chi connectivity index (χ0) is 14.8. The van der Waals surface area contributed by atoms with E-state index in [1.54, 1.807) is 13.2 Å². The summed E-state index contributed by atoms with van der Waals surface area (Å²) in [6.45, 7) is 4.38. The number of likely N-dealkylation sites (N-methyl/N-ethyl adjacent to an activating group) is 1. The van der Waals surface area contributed by atoms with Crippen LogP contribution < -0.4 is 15.4 Å². The van der Waals surface area contributed by atoms with Gasteiger partial charge in [-0.05, 0) is 13.0 Å². The molecule has 6 heteroatoms. The molecule has 0 aromatic heterocycles. The van der Waals surface area contributed by atoms with Gasteiger partial charge in [0.1, 0.15) is 5.75 Å². The van der Waals surface area contributed by atoms with Crippen LogP contribution in [0.3, 0.4) is 0 Å². The highest BCUT2D eigenvalue weighted by Gasteiger charge is 2.10. The van der Waals surface area contributed by atoms with Gasteiger partial charge in [-0.15, -0.1) is 0 Å². The second kappa shape index (κ2) is 9.58. The first kappa shape index (κ1) is 16.8. The first-order valence-electron chi connectivity index (χ1n) is 6.55. The van der Waals surface area contributed by atoms with Gasteiger partial charge in [-0.25, -0.2) is 0 Å². The van der Waals surface area contributed by atoms with Crippen LogP contribution in [0.5, 0.6) is 5.75 Å². The molecule has 0 aliphatic heterocycles. The number of halogens is 1. The number of nitrogens with one attached hydrogen (secondary N) is 2. The third-order valence-corrected chi connectivity index (χ3v) is 2.87. The van der Waals surface area contributed by atoms with Crippen molar-refractivity contribution in [2.75, 3.05) is 33.4 Å². The third-order valence-electron chi connectivity index (χ3n) is 2.57. The molecule has 112 valence electrons. The molecule has 0 unspecified atom stereocenters. The summed E-state index contributed by atoms with van der Waals surface area (Å²) in [5.41, 5.74) is 0.915. The maximum absolute atomic E-state index is 11.4. The van der Waals surface area contributed by atoms with E-state index in [0.29, 0.717) is 30.5 Å². The van der Waals surface area contributed by atoms with Gasteiger partial charge in [-0.2, -0.15) is 0 Å². The number of hydrogen-bond donors (Lipinski definition) is 2. The van der Waals surface area contributed by atoms with Crippen molar-refractivity contribution in [2.45, 2.75) is 13.5 Å². The van der Waals surface area contributed by atoms with E-state index in [9.17, 15) is 4.79 Å². The van der Waals surface area contributed by atoms with Crippen LogP contribution in [0, 0.1) is 0 Å². The number of carbonyl (C=O) groups is 1. The molecule has 20 heavy (non-hydrogen) atoms. The van der Waals surface area contributed by atoms with Crippen LogP contribution in [0.4, 0.5) is 0 Å². The molecule has 1 amide bonds. The van der Waals surface area contributed by atoms with Crippen molar-refractivity contribution < 1.29 is 14.3 Å². The van der Waals surface area contributed by atoms with E-state index in [2.05, 4.69) is 10.6 Å². The van der Waals surface area contributed by atoms with Crippen molar-refractivity contribution in [1.82, 2.24) is 10.6 Å². The second-order valence-corrected chi connectivity index (χ2v) is 4.55. The van der Waals surface area contributed by atoms with Crippen LogP contribution in [0.15, 0.2) is 18.2 Å². The van der Waals surface area contributed by atoms with Gasteiger partial charge in [0, 0.05) is 32.3 Å². The van der Waals surface area contributed by atoms with Crippen molar-refractivity contribution in [3.8, 4) is 5.75 Å². The molecule has 0 saturated heterocycles. The van der Waals surface area contributed by atoms with Crippen molar-refractivity contribution in [3.63, 3.8) is 0 Å². The number of benzene rings is 1. The molecule has 0 aliphatic rings. The average Bonchev–Trinajstić information content (AvgIpc) is 2.43. The lowest BCUT2D eigenvalue weighted by Gasteiger charge is -2.13. The molecule has 5 nitrogen and oxygen atoms in total. The van der Waals surface area contributed by atoms with E-state index in [1.807, 2.05) is 19.1 Å². The smallest absolute Gasteiger partial charge is 0.257 e. The van der Waals surface area contributed by atoms with Gasteiger partial charge in [0.2, 0.25) is 0 Å². The summed E-state index contributed by atoms with van der Waals surface area (Å²) in [7, 11) is 1.65. The number of rotatable bonds is 9. The van der Waals surface area contributed by atoms with Crippen LogP contribution in [-0.4, -0.2) is 39.3 Å². The number of methoxy groups -OCH3 is 1. The molecule has 0 fully saturated rings. The number of hydrogen-bond acceptors (Lipinski definition) is 4. The van der Waals surface area contributed by atoms with Gasteiger partial charge < -0.3 is 20.1 Å². The van der Waals surface area contributed by atoms with Crippen molar-refractivity contribution in [2.24, 2.45) is 0 Å². The maximum atomic E-state index is 11.4. The Morgan fingerprint density at radius 2 is 2.20 bits per heavy atom. The van der Waals surface area contributed by atoms with Crippen molar-refractivity contribution in [1.29, 1.82) is 0 Å². The Morgan fingerprint density at radius 1 is 1.40 bits per heavy atom. The summed E-state index contributed by atoms with van der Waals surface area (Å²) in [5, 5.41) is 6.39. The fourth-order valence-electron chi connectivity index (χ4n) is 1.64. The Balaban J connectivity index is 2.60. The highest BCUT2D eigenvalue weighted by atomic mass is 35.5. The largest absolute Gasteiger partial charge is 0.482 e. The first-order valence-corrected chi connectivity index (χ1v) is 6.93. The molecule has 1 aromatic rings. The van der Waals surface area contributed by atoms with Gasteiger partial charge in [0.05, 0.1) is 11.6 Å². The number of para-hydroxylation sites is 1. The zero-order valence-corrected chi connectivity index (χ0v) is 12.6. The minimum absolute atomic E-state index is 0.0390. The summed E-state index contributed by atoms with van der Waals surface area (Å²) in [4.78, 5) is 11.4. The minimum atomic E-state index is -0.161. The maximum Gasteiger partial charge on any atom is 0.257 e. The van der Waals surface area contributed by atoms with Crippen molar-refractivity contribution >= 4 is 17.5 Å². The monoisotopic (exact) mass is 300 g/mol. The van der Waals surface area contributed by atoms with E-state index in [4.69, 9.17) is 21.1 Å². The predicted octanol–water partition coefficient (Wildman–Crippen LogP) is 1.59. The SMILES string of the molecule is CCNC(=O)COc1c(Cl)cccc1CNCCOC. The lowest BCUT2D eigenvalue weighted by molar-refractivity contribution is -0.122. The Morgan fingerprint density at radius 3 is 2.90 bits per heavy atom. The molecular weight excluding hydrogens is 280 g/mol. The second-order valence-electron chi connectivity index (χ2n) is 4.14. The third kappa shape index (κ3) is 5.77. The fraction of sp³-hybridized carbons (Fsp3) is 0.500. The molecule has 2 N–H and O–H groups in total. The topological polar surface area (TPSA) is 59.6 Å². The van der Waals surface area contributed by atoms with Crippen molar-refractivity contribution in [3.05, 3.63) is 28.8 Å². The fourth-order valence-corrected chi connectivity index (χ4v) is 1.89. The number of carbonyl (C=O) groups excluding carboxylic acids is 1.